The summed E-state index contributed by atoms with van der Waals surface area (Å²) >= 11 is 0. The highest BCUT2D eigenvalue weighted by molar-refractivity contribution is 5.73. The molecule has 0 bridgehead atoms. The molecular weight excluding hydrogens is 344 g/mol. The Labute approximate surface area is 161 Å². The van der Waals surface area contributed by atoms with Crippen molar-refractivity contribution in [3.63, 3.8) is 0 Å². The molecule has 150 valence electrons. The Morgan fingerprint density at radius 2 is 1.81 bits per heavy atom. The first-order chi connectivity index (χ1) is 12.5. The molecule has 1 saturated carbocycles. The summed E-state index contributed by atoms with van der Waals surface area (Å²) < 4.78 is 6.97. The standard InChI is InChI=1S/C12H17N3O3.C8H15N/c1-12(2,3)18-11(17)14-6-10(7-14)15-5-9(8-16)4-13-15;1-8(2)6-4-9(3)5-7(6)8/h4-5,8,10H,6-7H2,1-3H3;6-7H,4-5H2,1-3H3. The van der Waals surface area contributed by atoms with Crippen molar-refractivity contribution < 1.29 is 14.3 Å². The molecule has 2 saturated heterocycles. The lowest BCUT2D eigenvalue weighted by molar-refractivity contribution is -0.000407. The smallest absolute Gasteiger partial charge is 0.410 e. The second-order valence-corrected chi connectivity index (χ2v) is 9.67. The topological polar surface area (TPSA) is 67.7 Å². The maximum Gasteiger partial charge on any atom is 0.410 e. The highest BCUT2D eigenvalue weighted by atomic mass is 16.6. The van der Waals surface area contributed by atoms with Gasteiger partial charge in [-0.1, -0.05) is 13.8 Å². The number of ether oxygens (including phenoxy) is 1. The Morgan fingerprint density at radius 3 is 2.26 bits per heavy atom. The van der Waals surface area contributed by atoms with Crippen molar-refractivity contribution in [3.8, 4) is 0 Å². The van der Waals surface area contributed by atoms with E-state index in [9.17, 15) is 9.59 Å². The Kier molecular flexibility index (Phi) is 5.10. The second kappa shape index (κ2) is 6.93. The average molecular weight is 377 g/mol. The van der Waals surface area contributed by atoms with Gasteiger partial charge in [0.25, 0.3) is 0 Å². The fraction of sp³-hybridized carbons (Fsp3) is 0.750. The first-order valence-corrected chi connectivity index (χ1v) is 9.67. The number of piperidine rings is 1. The van der Waals surface area contributed by atoms with E-state index in [-0.39, 0.29) is 12.1 Å². The molecule has 2 unspecified atom stereocenters. The van der Waals surface area contributed by atoms with Gasteiger partial charge in [0.1, 0.15) is 5.60 Å². The molecule has 3 aliphatic rings. The Morgan fingerprint density at radius 1 is 1.22 bits per heavy atom. The molecule has 1 amide bonds. The molecule has 1 aromatic heterocycles. The first-order valence-electron chi connectivity index (χ1n) is 9.67. The molecule has 27 heavy (non-hydrogen) atoms. The van der Waals surface area contributed by atoms with Crippen LogP contribution in [0.2, 0.25) is 0 Å². The molecule has 1 aromatic rings. The summed E-state index contributed by atoms with van der Waals surface area (Å²) in [4.78, 5) is 26.3. The van der Waals surface area contributed by atoms with Crippen LogP contribution in [0.4, 0.5) is 4.79 Å². The van der Waals surface area contributed by atoms with E-state index in [2.05, 4.69) is 30.9 Å². The van der Waals surface area contributed by atoms with Crippen LogP contribution in [0.5, 0.6) is 0 Å². The van der Waals surface area contributed by atoms with E-state index in [1.54, 1.807) is 15.8 Å². The van der Waals surface area contributed by atoms with Gasteiger partial charge >= 0.3 is 6.09 Å². The lowest BCUT2D eigenvalue weighted by Crippen LogP contribution is -2.52. The van der Waals surface area contributed by atoms with Gasteiger partial charge in [-0.3, -0.25) is 9.48 Å². The molecule has 3 heterocycles. The van der Waals surface area contributed by atoms with Crippen molar-refractivity contribution in [1.82, 2.24) is 19.6 Å². The molecule has 0 N–H and O–H groups in total. The van der Waals surface area contributed by atoms with Crippen molar-refractivity contribution in [2.24, 2.45) is 17.3 Å². The van der Waals surface area contributed by atoms with Gasteiger partial charge in [-0.05, 0) is 45.1 Å². The van der Waals surface area contributed by atoms with E-state index in [0.717, 1.165) is 18.1 Å². The zero-order valence-corrected chi connectivity index (χ0v) is 17.3. The van der Waals surface area contributed by atoms with Gasteiger partial charge in [0.05, 0.1) is 17.8 Å². The molecule has 2 atom stereocenters. The second-order valence-electron chi connectivity index (χ2n) is 9.67. The van der Waals surface area contributed by atoms with E-state index < -0.39 is 5.60 Å². The minimum absolute atomic E-state index is 0.131. The monoisotopic (exact) mass is 376 g/mol. The number of hydrogen-bond acceptors (Lipinski definition) is 5. The molecule has 3 fully saturated rings. The fourth-order valence-corrected chi connectivity index (χ4v) is 4.04. The van der Waals surface area contributed by atoms with Crippen LogP contribution >= 0.6 is 0 Å². The van der Waals surface area contributed by atoms with Gasteiger partial charge in [0.2, 0.25) is 0 Å². The molecular formula is C20H32N4O3. The van der Waals surface area contributed by atoms with Crippen molar-refractivity contribution in [3.05, 3.63) is 18.0 Å². The maximum absolute atomic E-state index is 11.7. The zero-order valence-electron chi connectivity index (χ0n) is 17.3. The van der Waals surface area contributed by atoms with Crippen LogP contribution in [-0.4, -0.2) is 70.8 Å². The number of fused-ring (bicyclic) bond motifs is 1. The molecule has 7 heteroatoms. The van der Waals surface area contributed by atoms with Crippen LogP contribution < -0.4 is 0 Å². The van der Waals surface area contributed by atoms with Gasteiger partial charge in [-0.25, -0.2) is 4.79 Å². The highest BCUT2D eigenvalue weighted by Crippen LogP contribution is 2.61. The van der Waals surface area contributed by atoms with Crippen molar-refractivity contribution in [2.75, 3.05) is 33.2 Å². The van der Waals surface area contributed by atoms with Crippen LogP contribution in [0.3, 0.4) is 0 Å². The molecule has 4 rings (SSSR count). The zero-order chi connectivity index (χ0) is 20.0. The van der Waals surface area contributed by atoms with Gasteiger partial charge < -0.3 is 14.5 Å². The number of hydrogen-bond donors (Lipinski definition) is 0. The number of amides is 1. The van der Waals surface area contributed by atoms with Crippen molar-refractivity contribution >= 4 is 12.4 Å². The van der Waals surface area contributed by atoms with E-state index in [1.165, 1.54) is 19.3 Å². The third-order valence-electron chi connectivity index (χ3n) is 5.95. The van der Waals surface area contributed by atoms with Crippen LogP contribution in [0.1, 0.15) is 51.0 Å². The summed E-state index contributed by atoms with van der Waals surface area (Å²) in [7, 11) is 2.22. The first kappa shape index (κ1) is 19.9. The van der Waals surface area contributed by atoms with Gasteiger partial charge in [-0.15, -0.1) is 0 Å². The molecule has 0 radical (unpaired) electrons. The predicted molar refractivity (Wildman–Crippen MR) is 103 cm³/mol. The Bertz CT molecular complexity index is 686. The van der Waals surface area contributed by atoms with Crippen LogP contribution in [0.25, 0.3) is 0 Å². The normalized spacial score (nSPS) is 26.5. The number of aromatic nitrogens is 2. The minimum Gasteiger partial charge on any atom is -0.444 e. The number of likely N-dealkylation sites (tertiary alicyclic amines) is 2. The van der Waals surface area contributed by atoms with Crippen LogP contribution in [0, 0.1) is 17.3 Å². The van der Waals surface area contributed by atoms with Crippen LogP contribution in [0.15, 0.2) is 12.4 Å². The molecule has 1 aliphatic carbocycles. The summed E-state index contributed by atoms with van der Waals surface area (Å²) in [6.07, 6.45) is 3.66. The van der Waals surface area contributed by atoms with Crippen LogP contribution in [-0.2, 0) is 4.74 Å². The lowest BCUT2D eigenvalue weighted by atomic mass is 10.1. The van der Waals surface area contributed by atoms with Crippen molar-refractivity contribution in [1.29, 1.82) is 0 Å². The fourth-order valence-electron chi connectivity index (χ4n) is 4.04. The number of nitrogens with zero attached hydrogens (tertiary/aromatic N) is 4. The number of aldehydes is 1. The third kappa shape index (κ3) is 4.34. The summed E-state index contributed by atoms with van der Waals surface area (Å²) in [5.41, 5.74) is 0.774. The van der Waals surface area contributed by atoms with Gasteiger partial charge in [0, 0.05) is 32.4 Å². The summed E-state index contributed by atoms with van der Waals surface area (Å²) in [6.45, 7) is 14.1. The molecule has 7 nitrogen and oxygen atoms in total. The summed E-state index contributed by atoms with van der Waals surface area (Å²) in [5.74, 6) is 2.06. The predicted octanol–water partition coefficient (Wildman–Crippen LogP) is 2.69. The Hall–Kier alpha value is -1.89. The number of carbonyl (C=O) groups is 2. The Balaban J connectivity index is 0.000000193. The molecule has 2 aliphatic heterocycles. The van der Waals surface area contributed by atoms with E-state index in [1.807, 2.05) is 20.8 Å². The number of carbonyl (C=O) groups excluding carboxylic acids is 2. The number of rotatable bonds is 2. The molecule has 0 spiro atoms. The van der Waals surface area contributed by atoms with Gasteiger partial charge in [-0.2, -0.15) is 5.10 Å². The van der Waals surface area contributed by atoms with Gasteiger partial charge in [0.15, 0.2) is 6.29 Å². The minimum atomic E-state index is -0.474. The quantitative estimate of drug-likeness (QED) is 0.743. The van der Waals surface area contributed by atoms with E-state index in [4.69, 9.17) is 4.74 Å². The SMILES string of the molecule is CC(C)(C)OC(=O)N1CC(n2cc(C=O)cn2)C1.CN1CC2C(C1)C2(C)C. The van der Waals surface area contributed by atoms with E-state index in [0.29, 0.717) is 24.1 Å². The van der Waals surface area contributed by atoms with Crippen molar-refractivity contribution in [2.45, 2.75) is 46.3 Å². The third-order valence-corrected chi connectivity index (χ3v) is 5.95. The summed E-state index contributed by atoms with van der Waals surface area (Å²) in [5, 5.41) is 4.08. The summed E-state index contributed by atoms with van der Waals surface area (Å²) in [6, 6.07) is 0.131. The molecule has 0 aromatic carbocycles. The lowest BCUT2D eigenvalue weighted by Gasteiger charge is -2.39. The maximum atomic E-state index is 11.7. The van der Waals surface area contributed by atoms with E-state index >= 15 is 0 Å². The average Bonchev–Trinajstić information content (AvgIpc) is 2.94. The highest BCUT2D eigenvalue weighted by Gasteiger charge is 2.60. The largest absolute Gasteiger partial charge is 0.444 e.